The summed E-state index contributed by atoms with van der Waals surface area (Å²) < 4.78 is 0. The molecule has 0 saturated heterocycles. The maximum Gasteiger partial charge on any atom is 0.149 e. The Labute approximate surface area is 223 Å². The molecule has 0 bridgehead atoms. The summed E-state index contributed by atoms with van der Waals surface area (Å²) in [6.07, 6.45) is 0. The molecule has 1 aliphatic carbocycles. The van der Waals surface area contributed by atoms with Crippen molar-refractivity contribution in [3.63, 3.8) is 0 Å². The lowest BCUT2D eigenvalue weighted by molar-refractivity contribution is 0.513. The minimum absolute atomic E-state index is 0.00810. The first-order valence-electron chi connectivity index (χ1n) is 13.3. The third kappa shape index (κ3) is 5.18. The van der Waals surface area contributed by atoms with Gasteiger partial charge in [0.05, 0.1) is 0 Å². The van der Waals surface area contributed by atoms with Gasteiger partial charge >= 0.3 is 0 Å². The van der Waals surface area contributed by atoms with Gasteiger partial charge in [-0.25, -0.2) is 0 Å². The molecule has 2 heteroatoms. The third-order valence-electron chi connectivity index (χ3n) is 7.07. The van der Waals surface area contributed by atoms with Crippen LogP contribution < -0.4 is 4.98 Å². The molecule has 4 aromatic rings. The first-order valence-corrected chi connectivity index (χ1v) is 16.3. The summed E-state index contributed by atoms with van der Waals surface area (Å²) in [5.74, 6) is 0.172. The molecule has 0 aromatic heterocycles. The van der Waals surface area contributed by atoms with Crippen molar-refractivity contribution in [3.8, 4) is 0 Å². The van der Waals surface area contributed by atoms with E-state index in [-0.39, 0.29) is 11.5 Å². The molecule has 0 aliphatic heterocycles. The maximum atomic E-state index is 4.14. The normalized spacial score (nSPS) is 16.4. The van der Waals surface area contributed by atoms with Crippen molar-refractivity contribution >= 4 is 25.0 Å². The zero-order valence-corrected chi connectivity index (χ0v) is 23.6. The van der Waals surface area contributed by atoms with Gasteiger partial charge in [0, 0.05) is 11.5 Å². The minimum Gasteiger partial charge on any atom is -0.329 e. The van der Waals surface area contributed by atoms with Gasteiger partial charge in [0.1, 0.15) is 8.24 Å². The predicted molar refractivity (Wildman–Crippen MR) is 163 cm³/mol. The van der Waals surface area contributed by atoms with E-state index in [9.17, 15) is 0 Å². The number of rotatable bonds is 6. The second-order valence-electron chi connectivity index (χ2n) is 11.5. The van der Waals surface area contributed by atoms with Crippen LogP contribution in [0.2, 0.25) is 13.1 Å². The second-order valence-corrected chi connectivity index (χ2v) is 15.6. The van der Waals surface area contributed by atoms with Crippen LogP contribution in [0.5, 0.6) is 0 Å². The van der Waals surface area contributed by atoms with Gasteiger partial charge in [-0.15, -0.1) is 0 Å². The molecular weight excluding hydrogens is 462 g/mol. The average Bonchev–Trinajstić information content (AvgIpc) is 3.27. The fourth-order valence-corrected chi connectivity index (χ4v) is 10.0. The van der Waals surface area contributed by atoms with Gasteiger partial charge in [0.25, 0.3) is 0 Å². The number of nitrogens with one attached hydrogen (secondary N) is 1. The van der Waals surface area contributed by atoms with E-state index in [2.05, 4.69) is 160 Å². The Bertz CT molecular complexity index is 1410. The summed E-state index contributed by atoms with van der Waals surface area (Å²) in [7, 11) is -2.16. The van der Waals surface area contributed by atoms with Crippen LogP contribution >= 0.6 is 0 Å². The van der Waals surface area contributed by atoms with E-state index in [1.807, 2.05) is 0 Å². The van der Waals surface area contributed by atoms with Crippen molar-refractivity contribution in [3.05, 3.63) is 149 Å². The van der Waals surface area contributed by atoms with Crippen molar-refractivity contribution in [2.45, 2.75) is 45.3 Å². The Hall–Kier alpha value is -3.46. The van der Waals surface area contributed by atoms with Crippen molar-refractivity contribution < 1.29 is 0 Å². The molecule has 0 spiro atoms. The van der Waals surface area contributed by atoms with E-state index in [1.165, 1.54) is 39.0 Å². The summed E-state index contributed by atoms with van der Waals surface area (Å²) in [6, 6.07) is 44.2. The van der Waals surface area contributed by atoms with Gasteiger partial charge in [-0.2, -0.15) is 0 Å². The topological polar surface area (TPSA) is 12.0 Å². The van der Waals surface area contributed by atoms with Crippen LogP contribution in [0.15, 0.2) is 127 Å². The van der Waals surface area contributed by atoms with Crippen LogP contribution in [0.4, 0.5) is 0 Å². The predicted octanol–water partition coefficient (Wildman–Crippen LogP) is 8.98. The molecule has 1 nitrogen and oxygen atoms in total. The molecule has 1 N–H and O–H groups in total. The molecule has 0 fully saturated rings. The van der Waals surface area contributed by atoms with E-state index < -0.39 is 8.24 Å². The molecule has 4 aromatic carbocycles. The number of benzene rings is 4. The van der Waals surface area contributed by atoms with E-state index in [4.69, 9.17) is 0 Å². The standard InChI is InChI=1S/C35H37NSi/c1-35(2,3)36-37(4,5)34-32(28-22-14-8-15-23-28)30(26-18-10-6-11-19-26)31(27-20-12-7-13-21-27)33(34)29-24-16-9-17-25-29/h6-25,32,36H,1-5H3. The van der Waals surface area contributed by atoms with E-state index in [0.717, 1.165) is 0 Å². The molecule has 186 valence electrons. The highest BCUT2D eigenvalue weighted by molar-refractivity contribution is 6.84. The van der Waals surface area contributed by atoms with Crippen molar-refractivity contribution in [1.82, 2.24) is 4.98 Å². The van der Waals surface area contributed by atoms with Crippen LogP contribution in [0.1, 0.15) is 48.9 Å². The highest BCUT2D eigenvalue weighted by atomic mass is 28.3. The first kappa shape index (κ1) is 25.2. The van der Waals surface area contributed by atoms with Gasteiger partial charge < -0.3 is 4.98 Å². The van der Waals surface area contributed by atoms with Crippen molar-refractivity contribution in [2.75, 3.05) is 0 Å². The number of hydrogen-bond donors (Lipinski definition) is 1. The average molecular weight is 500 g/mol. The largest absolute Gasteiger partial charge is 0.329 e. The number of allylic oxidation sites excluding steroid dienone is 4. The minimum atomic E-state index is -2.16. The fourth-order valence-electron chi connectivity index (χ4n) is 6.10. The zero-order chi connectivity index (χ0) is 26.0. The number of hydrogen-bond acceptors (Lipinski definition) is 1. The fraction of sp³-hybridized carbons (Fsp3) is 0.200. The van der Waals surface area contributed by atoms with E-state index in [0.29, 0.717) is 0 Å². The molecule has 1 unspecified atom stereocenters. The van der Waals surface area contributed by atoms with Crippen LogP contribution in [-0.2, 0) is 0 Å². The van der Waals surface area contributed by atoms with Gasteiger partial charge in [-0.05, 0) is 64.9 Å². The maximum absolute atomic E-state index is 4.14. The lowest BCUT2D eigenvalue weighted by Crippen LogP contribution is -2.56. The third-order valence-corrected chi connectivity index (χ3v) is 10.3. The molecule has 0 heterocycles. The molecular formula is C35H37NSi. The quantitative estimate of drug-likeness (QED) is 0.261. The summed E-state index contributed by atoms with van der Waals surface area (Å²) in [5, 5.41) is 1.55. The molecule has 1 aliphatic rings. The van der Waals surface area contributed by atoms with Gasteiger partial charge in [0.2, 0.25) is 0 Å². The molecule has 1 atom stereocenters. The van der Waals surface area contributed by atoms with E-state index in [1.54, 1.807) is 5.20 Å². The Balaban J connectivity index is 1.93. The summed E-state index contributed by atoms with van der Waals surface area (Å²) in [4.78, 5) is 4.14. The smallest absolute Gasteiger partial charge is 0.149 e. The summed E-state index contributed by atoms with van der Waals surface area (Å²) in [5.41, 5.74) is 9.38. The Kier molecular flexibility index (Phi) is 6.89. The molecule has 0 amide bonds. The lowest BCUT2D eigenvalue weighted by atomic mass is 9.85. The molecule has 0 saturated carbocycles. The lowest BCUT2D eigenvalue weighted by Gasteiger charge is -2.38. The Morgan fingerprint density at radius 2 is 0.946 bits per heavy atom. The SMILES string of the molecule is CC(C)(C)N[Si](C)(C)C1=C(c2ccccc2)C(c2ccccc2)=C(c2ccccc2)C1c1ccccc1. The van der Waals surface area contributed by atoms with Crippen LogP contribution in [0, 0.1) is 0 Å². The van der Waals surface area contributed by atoms with Crippen molar-refractivity contribution in [2.24, 2.45) is 0 Å². The highest BCUT2D eigenvalue weighted by Crippen LogP contribution is 2.57. The highest BCUT2D eigenvalue weighted by Gasteiger charge is 2.45. The zero-order valence-electron chi connectivity index (χ0n) is 22.6. The second kappa shape index (κ2) is 10.1. The van der Waals surface area contributed by atoms with Gasteiger partial charge in [-0.1, -0.05) is 134 Å². The summed E-state index contributed by atoms with van der Waals surface area (Å²) in [6.45, 7) is 11.9. The van der Waals surface area contributed by atoms with Crippen LogP contribution in [-0.4, -0.2) is 13.8 Å². The first-order chi connectivity index (χ1) is 17.8. The van der Waals surface area contributed by atoms with Crippen molar-refractivity contribution in [1.29, 1.82) is 0 Å². The molecule has 0 radical (unpaired) electrons. The van der Waals surface area contributed by atoms with Crippen LogP contribution in [0.25, 0.3) is 16.7 Å². The van der Waals surface area contributed by atoms with Gasteiger partial charge in [0.15, 0.2) is 0 Å². The van der Waals surface area contributed by atoms with Gasteiger partial charge in [-0.3, -0.25) is 0 Å². The Morgan fingerprint density at radius 3 is 1.41 bits per heavy atom. The summed E-state index contributed by atoms with van der Waals surface area (Å²) >= 11 is 0. The Morgan fingerprint density at radius 1 is 0.541 bits per heavy atom. The monoisotopic (exact) mass is 499 g/mol. The van der Waals surface area contributed by atoms with E-state index >= 15 is 0 Å². The molecule has 37 heavy (non-hydrogen) atoms. The van der Waals surface area contributed by atoms with Crippen LogP contribution in [0.3, 0.4) is 0 Å². The molecule has 5 rings (SSSR count).